The molecule has 1 N–H and O–H groups in total. The minimum Gasteiger partial charge on any atom is -0.465 e. The molecule has 94 valence electrons. The van der Waals surface area contributed by atoms with Gasteiger partial charge in [-0.1, -0.05) is 6.92 Å². The maximum absolute atomic E-state index is 5.70. The number of nitrogens with one attached hydrogen (secondary N) is 1. The molecule has 2 aliphatic rings. The van der Waals surface area contributed by atoms with Crippen molar-refractivity contribution < 1.29 is 4.42 Å². The van der Waals surface area contributed by atoms with Gasteiger partial charge < -0.3 is 9.73 Å². The second-order valence-corrected chi connectivity index (χ2v) is 5.69. The highest BCUT2D eigenvalue weighted by Gasteiger charge is 2.40. The lowest BCUT2D eigenvalue weighted by Crippen LogP contribution is -2.25. The van der Waals surface area contributed by atoms with Crippen LogP contribution in [0, 0.1) is 17.8 Å². The summed E-state index contributed by atoms with van der Waals surface area (Å²) >= 11 is 0. The topological polar surface area (TPSA) is 25.2 Å². The van der Waals surface area contributed by atoms with Crippen molar-refractivity contribution in [2.45, 2.75) is 45.6 Å². The highest BCUT2D eigenvalue weighted by Crippen LogP contribution is 2.48. The Balaban J connectivity index is 1.44. The van der Waals surface area contributed by atoms with Crippen molar-refractivity contribution in [3.05, 3.63) is 23.7 Å². The van der Waals surface area contributed by atoms with Gasteiger partial charge in [-0.05, 0) is 62.1 Å². The first kappa shape index (κ1) is 11.3. The molecule has 1 aromatic rings. The third kappa shape index (κ3) is 2.92. The Morgan fingerprint density at radius 1 is 1.18 bits per heavy atom. The monoisotopic (exact) mass is 233 g/mol. The van der Waals surface area contributed by atoms with Crippen LogP contribution in [0.2, 0.25) is 0 Å². The molecule has 2 heteroatoms. The smallest absolute Gasteiger partial charge is 0.117 e. The Morgan fingerprint density at radius 2 is 1.82 bits per heavy atom. The van der Waals surface area contributed by atoms with Crippen LogP contribution in [-0.2, 0) is 13.0 Å². The molecule has 0 aliphatic heterocycles. The van der Waals surface area contributed by atoms with E-state index in [0.717, 1.165) is 42.2 Å². The molecule has 1 aromatic heterocycles. The Labute approximate surface area is 104 Å². The van der Waals surface area contributed by atoms with E-state index in [1.165, 1.54) is 32.2 Å². The SMILES string of the molecule is CCc1ccc(CNCC(C2CC2)C2CC2)o1. The second kappa shape index (κ2) is 4.85. The van der Waals surface area contributed by atoms with Crippen molar-refractivity contribution in [3.63, 3.8) is 0 Å². The fraction of sp³-hybridized carbons (Fsp3) is 0.733. The molecule has 0 radical (unpaired) electrons. The lowest BCUT2D eigenvalue weighted by Gasteiger charge is -2.15. The molecular formula is C15H23NO. The average molecular weight is 233 g/mol. The van der Waals surface area contributed by atoms with Crippen molar-refractivity contribution >= 4 is 0 Å². The van der Waals surface area contributed by atoms with E-state index in [2.05, 4.69) is 24.4 Å². The van der Waals surface area contributed by atoms with E-state index in [4.69, 9.17) is 4.42 Å². The first-order chi connectivity index (χ1) is 8.36. The molecule has 0 unspecified atom stereocenters. The summed E-state index contributed by atoms with van der Waals surface area (Å²) in [6.07, 6.45) is 6.90. The molecule has 2 saturated carbocycles. The van der Waals surface area contributed by atoms with E-state index >= 15 is 0 Å². The van der Waals surface area contributed by atoms with Crippen molar-refractivity contribution in [1.29, 1.82) is 0 Å². The Morgan fingerprint density at radius 3 is 2.35 bits per heavy atom. The summed E-state index contributed by atoms with van der Waals surface area (Å²) in [6, 6.07) is 4.20. The Kier molecular flexibility index (Phi) is 3.24. The molecule has 0 amide bonds. The van der Waals surface area contributed by atoms with Gasteiger partial charge in [0.2, 0.25) is 0 Å². The van der Waals surface area contributed by atoms with Crippen LogP contribution < -0.4 is 5.32 Å². The minimum atomic E-state index is 0.899. The zero-order chi connectivity index (χ0) is 11.7. The van der Waals surface area contributed by atoms with Gasteiger partial charge in [0.1, 0.15) is 11.5 Å². The Bertz CT molecular complexity index is 351. The highest BCUT2D eigenvalue weighted by atomic mass is 16.3. The van der Waals surface area contributed by atoms with Crippen molar-refractivity contribution in [2.75, 3.05) is 6.54 Å². The maximum Gasteiger partial charge on any atom is 0.117 e. The van der Waals surface area contributed by atoms with Crippen LogP contribution in [0.5, 0.6) is 0 Å². The van der Waals surface area contributed by atoms with Gasteiger partial charge in [-0.25, -0.2) is 0 Å². The van der Waals surface area contributed by atoms with Gasteiger partial charge in [0.15, 0.2) is 0 Å². The maximum atomic E-state index is 5.70. The van der Waals surface area contributed by atoms with Crippen LogP contribution in [0.1, 0.15) is 44.1 Å². The number of hydrogen-bond acceptors (Lipinski definition) is 2. The van der Waals surface area contributed by atoms with Gasteiger partial charge in [0, 0.05) is 6.42 Å². The molecule has 0 bridgehead atoms. The molecule has 0 aromatic carbocycles. The molecule has 0 spiro atoms. The first-order valence-electron chi connectivity index (χ1n) is 7.15. The van der Waals surface area contributed by atoms with Gasteiger partial charge in [0.05, 0.1) is 6.54 Å². The van der Waals surface area contributed by atoms with Crippen LogP contribution in [0.3, 0.4) is 0 Å². The molecule has 17 heavy (non-hydrogen) atoms. The minimum absolute atomic E-state index is 0.899. The third-order valence-corrected chi connectivity index (χ3v) is 4.20. The van der Waals surface area contributed by atoms with E-state index in [0.29, 0.717) is 0 Å². The van der Waals surface area contributed by atoms with Crippen LogP contribution in [-0.4, -0.2) is 6.54 Å². The zero-order valence-electron chi connectivity index (χ0n) is 10.7. The summed E-state index contributed by atoms with van der Waals surface area (Å²) in [5, 5.41) is 3.59. The number of furan rings is 1. The standard InChI is InChI=1S/C15H23NO/c1-2-13-7-8-14(17-13)9-16-10-15(11-3-4-11)12-5-6-12/h7-8,11-12,15-16H,2-6,9-10H2,1H3. The largest absolute Gasteiger partial charge is 0.465 e. The molecule has 1 heterocycles. The molecule has 3 rings (SSSR count). The molecule has 0 atom stereocenters. The lowest BCUT2D eigenvalue weighted by atomic mass is 9.98. The van der Waals surface area contributed by atoms with E-state index < -0.39 is 0 Å². The Hall–Kier alpha value is -0.760. The van der Waals surface area contributed by atoms with Crippen LogP contribution in [0.15, 0.2) is 16.5 Å². The fourth-order valence-electron chi connectivity index (χ4n) is 2.84. The van der Waals surface area contributed by atoms with Crippen LogP contribution in [0.4, 0.5) is 0 Å². The average Bonchev–Trinajstić information content (AvgIpc) is 3.25. The van der Waals surface area contributed by atoms with Crippen molar-refractivity contribution in [1.82, 2.24) is 5.32 Å². The first-order valence-corrected chi connectivity index (χ1v) is 7.15. The van der Waals surface area contributed by atoms with E-state index in [9.17, 15) is 0 Å². The van der Waals surface area contributed by atoms with Gasteiger partial charge in [-0.3, -0.25) is 0 Å². The van der Waals surface area contributed by atoms with E-state index in [1.807, 2.05) is 0 Å². The number of aryl methyl sites for hydroxylation is 1. The molecule has 2 aliphatic carbocycles. The van der Waals surface area contributed by atoms with Gasteiger partial charge in [-0.2, -0.15) is 0 Å². The third-order valence-electron chi connectivity index (χ3n) is 4.20. The zero-order valence-corrected chi connectivity index (χ0v) is 10.7. The molecule has 2 fully saturated rings. The van der Waals surface area contributed by atoms with E-state index in [-0.39, 0.29) is 0 Å². The highest BCUT2D eigenvalue weighted by molar-refractivity contribution is 5.06. The molecule has 0 saturated heterocycles. The summed E-state index contributed by atoms with van der Waals surface area (Å²) < 4.78 is 5.70. The van der Waals surface area contributed by atoms with Crippen LogP contribution >= 0.6 is 0 Å². The van der Waals surface area contributed by atoms with Gasteiger partial charge in [0.25, 0.3) is 0 Å². The predicted molar refractivity (Wildman–Crippen MR) is 68.7 cm³/mol. The lowest BCUT2D eigenvalue weighted by molar-refractivity contribution is 0.365. The predicted octanol–water partition coefficient (Wildman–Crippen LogP) is 3.37. The quantitative estimate of drug-likeness (QED) is 0.781. The molecule has 2 nitrogen and oxygen atoms in total. The fourth-order valence-corrected chi connectivity index (χ4v) is 2.84. The summed E-state index contributed by atoms with van der Waals surface area (Å²) in [4.78, 5) is 0. The molecular weight excluding hydrogens is 210 g/mol. The van der Waals surface area contributed by atoms with Crippen LogP contribution in [0.25, 0.3) is 0 Å². The summed E-state index contributed by atoms with van der Waals surface area (Å²) in [5.41, 5.74) is 0. The summed E-state index contributed by atoms with van der Waals surface area (Å²) in [6.45, 7) is 4.22. The summed E-state index contributed by atoms with van der Waals surface area (Å²) in [7, 11) is 0. The van der Waals surface area contributed by atoms with E-state index in [1.54, 1.807) is 0 Å². The van der Waals surface area contributed by atoms with Gasteiger partial charge >= 0.3 is 0 Å². The van der Waals surface area contributed by atoms with Crippen molar-refractivity contribution in [3.8, 4) is 0 Å². The van der Waals surface area contributed by atoms with Crippen molar-refractivity contribution in [2.24, 2.45) is 17.8 Å². The van der Waals surface area contributed by atoms with Gasteiger partial charge in [-0.15, -0.1) is 0 Å². The normalized spacial score (nSPS) is 20.1. The second-order valence-electron chi connectivity index (χ2n) is 5.69. The number of rotatable bonds is 7. The summed E-state index contributed by atoms with van der Waals surface area (Å²) in [5.74, 6) is 5.22. The number of hydrogen-bond donors (Lipinski definition) is 1.